The van der Waals surface area contributed by atoms with E-state index in [-0.39, 0.29) is 30.1 Å². The van der Waals surface area contributed by atoms with E-state index in [0.717, 1.165) is 32.1 Å². The molecule has 0 aliphatic rings. The number of unbranched alkanes of at least 4 members (excludes halogenated alkanes) is 5. The molecule has 36 heavy (non-hydrogen) atoms. The number of phenols is 1. The van der Waals surface area contributed by atoms with Crippen LogP contribution in [-0.4, -0.2) is 42.5 Å². The molecule has 0 spiro atoms. The van der Waals surface area contributed by atoms with E-state index in [1.54, 1.807) is 43.3 Å². The van der Waals surface area contributed by atoms with Crippen molar-refractivity contribution in [2.24, 2.45) is 4.99 Å². The van der Waals surface area contributed by atoms with Gasteiger partial charge in [0.15, 0.2) is 0 Å². The fraction of sp³-hybridized carbons (Fsp3) is 0.483. The molecule has 2 aromatic rings. The number of phenolic OH excluding ortho intramolecular Hbond substituents is 1. The number of hydrogen-bond acceptors (Lipinski definition) is 7. The third-order valence-electron chi connectivity index (χ3n) is 5.48. The molecule has 2 rings (SSSR count). The van der Waals surface area contributed by atoms with Gasteiger partial charge < -0.3 is 19.3 Å². The average Bonchev–Trinajstić information content (AvgIpc) is 2.85. The molecule has 2 aromatic carbocycles. The zero-order valence-corrected chi connectivity index (χ0v) is 21.7. The number of hydrogen-bond donors (Lipinski definition) is 1. The number of ether oxygens (including phenoxy) is 3. The molecule has 7 heteroatoms. The van der Waals surface area contributed by atoms with Gasteiger partial charge in [-0.2, -0.15) is 0 Å². The summed E-state index contributed by atoms with van der Waals surface area (Å²) in [4.78, 5) is 28.5. The minimum Gasteiger partial charge on any atom is -0.507 e. The van der Waals surface area contributed by atoms with Crippen molar-refractivity contribution in [1.82, 2.24) is 0 Å². The molecule has 0 saturated carbocycles. The Bertz CT molecular complexity index is 970. The van der Waals surface area contributed by atoms with Crippen molar-refractivity contribution in [2.45, 2.75) is 78.2 Å². The highest BCUT2D eigenvalue weighted by molar-refractivity contribution is 5.91. The second-order valence-corrected chi connectivity index (χ2v) is 8.80. The van der Waals surface area contributed by atoms with Gasteiger partial charge in [0.05, 0.1) is 18.7 Å². The smallest absolute Gasteiger partial charge is 0.343 e. The second kappa shape index (κ2) is 16.3. The number of aliphatic imine (C=N–C) groups is 1. The van der Waals surface area contributed by atoms with Gasteiger partial charge in [-0.15, -0.1) is 0 Å². The molecule has 0 fully saturated rings. The van der Waals surface area contributed by atoms with Gasteiger partial charge in [-0.05, 0) is 56.2 Å². The first-order chi connectivity index (χ1) is 17.4. The molecular weight excluding hydrogens is 458 g/mol. The van der Waals surface area contributed by atoms with Crippen LogP contribution in [0.3, 0.4) is 0 Å². The minimum absolute atomic E-state index is 0.0694. The molecule has 0 amide bonds. The first-order valence-electron chi connectivity index (χ1n) is 12.9. The van der Waals surface area contributed by atoms with Gasteiger partial charge in [-0.25, -0.2) is 4.79 Å². The topological polar surface area (TPSA) is 94.4 Å². The van der Waals surface area contributed by atoms with Gasteiger partial charge in [0.1, 0.15) is 23.4 Å². The second-order valence-electron chi connectivity index (χ2n) is 8.80. The summed E-state index contributed by atoms with van der Waals surface area (Å²) in [5.41, 5.74) is 0.855. The lowest BCUT2D eigenvalue weighted by molar-refractivity contribution is -0.147. The van der Waals surface area contributed by atoms with Crippen LogP contribution in [-0.2, 0) is 9.53 Å². The number of rotatable bonds is 16. The summed E-state index contributed by atoms with van der Waals surface area (Å²) >= 11 is 0. The maximum Gasteiger partial charge on any atom is 0.343 e. The van der Waals surface area contributed by atoms with E-state index >= 15 is 0 Å². The van der Waals surface area contributed by atoms with Gasteiger partial charge in [-0.3, -0.25) is 9.79 Å². The molecular formula is C29H39NO6. The van der Waals surface area contributed by atoms with Crippen LogP contribution in [0.5, 0.6) is 17.2 Å². The first kappa shape index (κ1) is 28.9. The number of nitrogens with zero attached hydrogens (tertiary/aromatic N) is 1. The van der Waals surface area contributed by atoms with Gasteiger partial charge in [0.25, 0.3) is 0 Å². The predicted octanol–water partition coefficient (Wildman–Crippen LogP) is 6.50. The summed E-state index contributed by atoms with van der Waals surface area (Å²) in [6.07, 6.45) is 8.99. The number of esters is 2. The van der Waals surface area contributed by atoms with Crippen LogP contribution in [0.4, 0.5) is 0 Å². The highest BCUT2D eigenvalue weighted by Gasteiger charge is 2.11. The maximum atomic E-state index is 12.5. The van der Waals surface area contributed by atoms with Crippen LogP contribution in [0.2, 0.25) is 0 Å². The fourth-order valence-corrected chi connectivity index (χ4v) is 3.41. The number of aromatic hydroxyl groups is 1. The van der Waals surface area contributed by atoms with Crippen molar-refractivity contribution in [2.75, 3.05) is 13.2 Å². The normalized spacial score (nSPS) is 11.9. The Labute approximate surface area is 214 Å². The SMILES string of the molecule is CCCCCCOc1ccc(C(=O)Oc2ccc(C=NC[C@H](C)OC(=O)CCCCC)c(O)c2)cc1. The third kappa shape index (κ3) is 10.9. The van der Waals surface area contributed by atoms with Crippen LogP contribution in [0.15, 0.2) is 47.5 Å². The molecule has 0 aromatic heterocycles. The molecule has 0 heterocycles. The zero-order chi connectivity index (χ0) is 26.2. The predicted molar refractivity (Wildman–Crippen MR) is 141 cm³/mol. The van der Waals surface area contributed by atoms with E-state index in [1.165, 1.54) is 25.1 Å². The quantitative estimate of drug-likeness (QED) is 0.123. The number of carbonyl (C=O) groups excluding carboxylic acids is 2. The van der Waals surface area contributed by atoms with E-state index in [4.69, 9.17) is 14.2 Å². The van der Waals surface area contributed by atoms with Crippen LogP contribution in [0.25, 0.3) is 0 Å². The Kier molecular flexibility index (Phi) is 13.1. The van der Waals surface area contributed by atoms with Gasteiger partial charge in [0.2, 0.25) is 0 Å². The Hall–Kier alpha value is -3.35. The lowest BCUT2D eigenvalue weighted by Gasteiger charge is -2.11. The van der Waals surface area contributed by atoms with Crippen LogP contribution >= 0.6 is 0 Å². The lowest BCUT2D eigenvalue weighted by atomic mass is 10.2. The van der Waals surface area contributed by atoms with Crippen LogP contribution in [0.1, 0.15) is 88.1 Å². The zero-order valence-electron chi connectivity index (χ0n) is 21.7. The summed E-state index contributed by atoms with van der Waals surface area (Å²) in [6, 6.07) is 11.4. The molecule has 0 unspecified atom stereocenters. The molecule has 0 bridgehead atoms. The summed E-state index contributed by atoms with van der Waals surface area (Å²) in [5.74, 6) is 0.120. The molecule has 1 N–H and O–H groups in total. The Morgan fingerprint density at radius 1 is 0.944 bits per heavy atom. The van der Waals surface area contributed by atoms with Crippen molar-refractivity contribution < 1.29 is 28.9 Å². The molecule has 7 nitrogen and oxygen atoms in total. The van der Waals surface area contributed by atoms with Crippen LogP contribution < -0.4 is 9.47 Å². The van der Waals surface area contributed by atoms with Gasteiger partial charge in [-0.1, -0.05) is 46.0 Å². The monoisotopic (exact) mass is 497 g/mol. The Morgan fingerprint density at radius 2 is 1.64 bits per heavy atom. The highest BCUT2D eigenvalue weighted by Crippen LogP contribution is 2.24. The van der Waals surface area contributed by atoms with Gasteiger partial charge in [0, 0.05) is 24.3 Å². The Morgan fingerprint density at radius 3 is 2.33 bits per heavy atom. The lowest BCUT2D eigenvalue weighted by Crippen LogP contribution is -2.17. The van der Waals surface area contributed by atoms with Crippen LogP contribution in [0, 0.1) is 0 Å². The summed E-state index contributed by atoms with van der Waals surface area (Å²) in [7, 11) is 0. The van der Waals surface area contributed by atoms with Crippen molar-refractivity contribution in [3.05, 3.63) is 53.6 Å². The summed E-state index contributed by atoms with van der Waals surface area (Å²) < 4.78 is 16.4. The van der Waals surface area contributed by atoms with Crippen molar-refractivity contribution in [3.63, 3.8) is 0 Å². The number of benzene rings is 2. The van der Waals surface area contributed by atoms with E-state index in [1.807, 2.05) is 0 Å². The first-order valence-corrected chi connectivity index (χ1v) is 12.9. The summed E-state index contributed by atoms with van der Waals surface area (Å²) in [6.45, 7) is 6.97. The van der Waals surface area contributed by atoms with E-state index in [2.05, 4.69) is 18.8 Å². The standard InChI is InChI=1S/C29H39NO6/c1-4-6-8-10-18-34-25-15-12-23(13-16-25)29(33)36-26-17-14-24(27(31)19-26)21-30-20-22(3)35-28(32)11-9-7-5-2/h12-17,19,21-22,31H,4-11,18,20H2,1-3H3/t22-/m0/s1. The Balaban J connectivity index is 1.81. The van der Waals surface area contributed by atoms with Crippen molar-refractivity contribution in [1.29, 1.82) is 0 Å². The van der Waals surface area contributed by atoms with Gasteiger partial charge >= 0.3 is 11.9 Å². The van der Waals surface area contributed by atoms with E-state index in [0.29, 0.717) is 29.9 Å². The number of carbonyl (C=O) groups is 2. The average molecular weight is 498 g/mol. The highest BCUT2D eigenvalue weighted by atomic mass is 16.5. The van der Waals surface area contributed by atoms with Crippen molar-refractivity contribution in [3.8, 4) is 17.2 Å². The third-order valence-corrected chi connectivity index (χ3v) is 5.48. The molecule has 196 valence electrons. The summed E-state index contributed by atoms with van der Waals surface area (Å²) in [5, 5.41) is 10.3. The maximum absolute atomic E-state index is 12.5. The van der Waals surface area contributed by atoms with Crippen molar-refractivity contribution >= 4 is 18.2 Å². The van der Waals surface area contributed by atoms with E-state index < -0.39 is 5.97 Å². The molecule has 0 saturated heterocycles. The fourth-order valence-electron chi connectivity index (χ4n) is 3.41. The molecule has 0 radical (unpaired) electrons. The molecule has 0 aliphatic heterocycles. The minimum atomic E-state index is -0.528. The molecule has 1 atom stereocenters. The largest absolute Gasteiger partial charge is 0.507 e. The van der Waals surface area contributed by atoms with E-state index in [9.17, 15) is 14.7 Å². The molecule has 0 aliphatic carbocycles.